The van der Waals surface area contributed by atoms with E-state index in [0.717, 1.165) is 70.8 Å². The van der Waals surface area contributed by atoms with Crippen molar-refractivity contribution in [2.45, 2.75) is 57.5 Å². The van der Waals surface area contributed by atoms with Crippen LogP contribution in [0.5, 0.6) is 0 Å². The van der Waals surface area contributed by atoms with E-state index >= 15 is 0 Å². The number of aliphatic imine (C=N–C) groups is 1. The number of hydrogen-bond acceptors (Lipinski definition) is 6. The Bertz CT molecular complexity index is 461. The predicted molar refractivity (Wildman–Crippen MR) is 118 cm³/mol. The van der Waals surface area contributed by atoms with E-state index in [0.29, 0.717) is 37.6 Å². The molecule has 2 atom stereocenters. The van der Waals surface area contributed by atoms with Gasteiger partial charge in [0.2, 0.25) is 0 Å². The lowest BCUT2D eigenvalue weighted by Crippen LogP contribution is -2.52. The van der Waals surface area contributed by atoms with E-state index < -0.39 is 0 Å². The summed E-state index contributed by atoms with van der Waals surface area (Å²) in [4.78, 5) is 9.56. The Hall–Kier alpha value is -1.22. The Kier molecular flexibility index (Phi) is 10.8. The molecule has 0 saturated carbocycles. The molecule has 162 valence electrons. The van der Waals surface area contributed by atoms with Crippen molar-refractivity contribution in [2.24, 2.45) is 16.5 Å². The number of nitrogens with zero attached hydrogens (tertiary/aromatic N) is 3. The highest BCUT2D eigenvalue weighted by Crippen LogP contribution is 2.14. The minimum Gasteiger partial charge on any atom is -0.359 e. The van der Waals surface area contributed by atoms with Gasteiger partial charge in [0, 0.05) is 32.2 Å². The Morgan fingerprint density at radius 1 is 1.04 bits per heavy atom. The number of nitrogens with two attached hydrogens (primary N) is 2. The maximum Gasteiger partial charge on any atom is 0.116 e. The highest BCUT2D eigenvalue weighted by Gasteiger charge is 2.25. The maximum atomic E-state index is 8.78. The lowest BCUT2D eigenvalue weighted by molar-refractivity contribution is 0.266. The third-order valence-electron chi connectivity index (χ3n) is 5.73. The molecule has 7 N–H and O–H groups in total. The van der Waals surface area contributed by atoms with Gasteiger partial charge in [-0.2, -0.15) is 0 Å². The van der Waals surface area contributed by atoms with Crippen molar-refractivity contribution in [1.82, 2.24) is 20.4 Å². The monoisotopic (exact) mass is 394 g/mol. The minimum atomic E-state index is 0.354. The molecule has 0 spiro atoms. The third kappa shape index (κ3) is 7.66. The first-order valence-electron chi connectivity index (χ1n) is 11.1. The zero-order chi connectivity index (χ0) is 20.2. The third-order valence-corrected chi connectivity index (χ3v) is 5.73. The maximum absolute atomic E-state index is 8.78. The summed E-state index contributed by atoms with van der Waals surface area (Å²) in [6.07, 6.45) is 6.47. The van der Waals surface area contributed by atoms with Crippen LogP contribution in [-0.4, -0.2) is 92.5 Å². The van der Waals surface area contributed by atoms with E-state index in [2.05, 4.69) is 27.4 Å². The first kappa shape index (κ1) is 23.1. The summed E-state index contributed by atoms with van der Waals surface area (Å²) in [7, 11) is 0. The van der Waals surface area contributed by atoms with Crippen LogP contribution in [0.4, 0.5) is 0 Å². The molecular formula is C20H42N8. The van der Waals surface area contributed by atoms with E-state index in [9.17, 15) is 0 Å². The molecule has 2 rings (SSSR count). The molecule has 28 heavy (non-hydrogen) atoms. The molecule has 0 aromatic carbocycles. The van der Waals surface area contributed by atoms with Gasteiger partial charge in [-0.25, -0.2) is 0 Å². The lowest BCUT2D eigenvalue weighted by atomic mass is 10.0. The number of hydrogen-bond donors (Lipinski definition) is 5. The fourth-order valence-corrected chi connectivity index (χ4v) is 4.10. The predicted octanol–water partition coefficient (Wildman–Crippen LogP) is 0.188. The molecule has 0 amide bonds. The zero-order valence-corrected chi connectivity index (χ0v) is 17.8. The fraction of sp³-hybridized carbons (Fsp3) is 0.900. The van der Waals surface area contributed by atoms with Gasteiger partial charge in [-0.15, -0.1) is 0 Å². The summed E-state index contributed by atoms with van der Waals surface area (Å²) < 4.78 is 0. The van der Waals surface area contributed by atoms with Crippen LogP contribution in [0.25, 0.3) is 0 Å². The van der Waals surface area contributed by atoms with Crippen molar-refractivity contribution in [2.75, 3.05) is 58.9 Å². The van der Waals surface area contributed by atoms with Gasteiger partial charge >= 0.3 is 0 Å². The SMILES string of the molecule is C/C(=N\C1CCCNC1)N(CC(=N)N(CCCN)CCCN)C1CCCNC1. The van der Waals surface area contributed by atoms with Crippen molar-refractivity contribution in [3.8, 4) is 0 Å². The van der Waals surface area contributed by atoms with Crippen LogP contribution in [0.15, 0.2) is 4.99 Å². The van der Waals surface area contributed by atoms with Crippen molar-refractivity contribution in [1.29, 1.82) is 5.41 Å². The van der Waals surface area contributed by atoms with Gasteiger partial charge in [0.05, 0.1) is 18.4 Å². The quantitative estimate of drug-likeness (QED) is 0.267. The molecule has 8 heteroatoms. The van der Waals surface area contributed by atoms with Crippen molar-refractivity contribution < 1.29 is 0 Å². The minimum absolute atomic E-state index is 0.354. The first-order chi connectivity index (χ1) is 13.7. The van der Waals surface area contributed by atoms with E-state index in [1.165, 1.54) is 12.8 Å². The Balaban J connectivity index is 2.08. The molecule has 8 nitrogen and oxygen atoms in total. The molecule has 0 aliphatic carbocycles. The van der Waals surface area contributed by atoms with Crippen LogP contribution in [0.2, 0.25) is 0 Å². The topological polar surface area (TPSA) is 119 Å². The molecular weight excluding hydrogens is 352 g/mol. The number of piperidine rings is 2. The number of rotatable bonds is 10. The highest BCUT2D eigenvalue weighted by molar-refractivity contribution is 5.88. The molecule has 2 aliphatic rings. The molecule has 2 saturated heterocycles. The van der Waals surface area contributed by atoms with Crippen molar-refractivity contribution >= 4 is 11.7 Å². The van der Waals surface area contributed by atoms with Gasteiger partial charge in [-0.05, 0) is 71.6 Å². The van der Waals surface area contributed by atoms with Gasteiger partial charge in [-0.3, -0.25) is 10.4 Å². The van der Waals surface area contributed by atoms with Gasteiger partial charge < -0.3 is 31.9 Å². The van der Waals surface area contributed by atoms with E-state index in [-0.39, 0.29) is 0 Å². The van der Waals surface area contributed by atoms with Gasteiger partial charge in [0.25, 0.3) is 0 Å². The molecule has 0 bridgehead atoms. The average molecular weight is 395 g/mol. The van der Waals surface area contributed by atoms with Gasteiger partial charge in [0.1, 0.15) is 5.84 Å². The molecule has 0 aromatic heterocycles. The smallest absolute Gasteiger partial charge is 0.116 e. The standard InChI is InChI=1S/C20H42N8/c1-17(26-18-6-2-10-24-14-18)28(19-7-3-11-25-15-19)16-20(23)27(12-4-8-21)13-5-9-22/h18-19,23-25H,2-16,21-22H2,1H3/b23-20?,26-17+. The Labute approximate surface area is 171 Å². The molecule has 0 aromatic rings. The number of amidine groups is 2. The van der Waals surface area contributed by atoms with Crippen LogP contribution in [0.3, 0.4) is 0 Å². The summed E-state index contributed by atoms with van der Waals surface area (Å²) >= 11 is 0. The van der Waals surface area contributed by atoms with Gasteiger partial charge in [-0.1, -0.05) is 0 Å². The Morgan fingerprint density at radius 2 is 1.68 bits per heavy atom. The first-order valence-corrected chi connectivity index (χ1v) is 11.1. The highest BCUT2D eigenvalue weighted by atomic mass is 15.3. The zero-order valence-electron chi connectivity index (χ0n) is 17.8. The normalized spacial score (nSPS) is 23.5. The molecule has 2 unspecified atom stereocenters. The van der Waals surface area contributed by atoms with E-state index in [1.54, 1.807) is 0 Å². The summed E-state index contributed by atoms with van der Waals surface area (Å²) in [5, 5.41) is 15.8. The summed E-state index contributed by atoms with van der Waals surface area (Å²) in [6, 6.07) is 0.757. The summed E-state index contributed by atoms with van der Waals surface area (Å²) in [5.74, 6) is 1.73. The van der Waals surface area contributed by atoms with E-state index in [4.69, 9.17) is 21.9 Å². The van der Waals surface area contributed by atoms with Gasteiger partial charge in [0.15, 0.2) is 0 Å². The van der Waals surface area contributed by atoms with Crippen LogP contribution < -0.4 is 22.1 Å². The van der Waals surface area contributed by atoms with E-state index in [1.807, 2.05) is 0 Å². The van der Waals surface area contributed by atoms with Crippen LogP contribution >= 0.6 is 0 Å². The lowest BCUT2D eigenvalue weighted by Gasteiger charge is -2.38. The second-order valence-electron chi connectivity index (χ2n) is 8.02. The largest absolute Gasteiger partial charge is 0.359 e. The average Bonchev–Trinajstić information content (AvgIpc) is 2.73. The fourth-order valence-electron chi connectivity index (χ4n) is 4.10. The summed E-state index contributed by atoms with van der Waals surface area (Å²) in [5.41, 5.74) is 11.4. The molecule has 0 radical (unpaired) electrons. The molecule has 2 fully saturated rings. The Morgan fingerprint density at radius 3 is 2.21 bits per heavy atom. The molecule has 2 heterocycles. The van der Waals surface area contributed by atoms with Crippen molar-refractivity contribution in [3.63, 3.8) is 0 Å². The summed E-state index contributed by atoms with van der Waals surface area (Å²) in [6.45, 7) is 9.81. The number of nitrogens with one attached hydrogen (secondary N) is 3. The van der Waals surface area contributed by atoms with Crippen molar-refractivity contribution in [3.05, 3.63) is 0 Å². The van der Waals surface area contributed by atoms with Crippen LogP contribution in [-0.2, 0) is 0 Å². The second kappa shape index (κ2) is 13.1. The van der Waals surface area contributed by atoms with Crippen LogP contribution in [0, 0.1) is 5.41 Å². The molecule has 2 aliphatic heterocycles. The van der Waals surface area contributed by atoms with Crippen LogP contribution in [0.1, 0.15) is 45.4 Å². The second-order valence-corrected chi connectivity index (χ2v) is 8.02.